The summed E-state index contributed by atoms with van der Waals surface area (Å²) in [4.78, 5) is 11.9. The maximum atomic E-state index is 4.97. The van der Waals surface area contributed by atoms with Crippen molar-refractivity contribution in [3.63, 3.8) is 0 Å². The molecule has 29 heavy (non-hydrogen) atoms. The van der Waals surface area contributed by atoms with Gasteiger partial charge in [0.15, 0.2) is 0 Å². The topological polar surface area (TPSA) is 75.5 Å². The summed E-state index contributed by atoms with van der Waals surface area (Å²) in [6.45, 7) is 5.00. The highest BCUT2D eigenvalue weighted by Gasteiger charge is 2.18. The molecule has 0 saturated carbocycles. The van der Waals surface area contributed by atoms with Gasteiger partial charge in [-0.1, -0.05) is 0 Å². The summed E-state index contributed by atoms with van der Waals surface area (Å²) in [5.74, 6) is 0.997. The molecule has 0 atom stereocenters. The van der Waals surface area contributed by atoms with Crippen molar-refractivity contribution in [2.45, 2.75) is 32.7 Å². The maximum Gasteiger partial charge on any atom is 0.143 e. The van der Waals surface area contributed by atoms with Gasteiger partial charge >= 0.3 is 0 Å². The second kappa shape index (κ2) is 7.59. The average Bonchev–Trinajstić information content (AvgIpc) is 3.41. The highest BCUT2D eigenvalue weighted by Crippen LogP contribution is 2.33. The van der Waals surface area contributed by atoms with Crippen molar-refractivity contribution < 1.29 is 0 Å². The smallest absolute Gasteiger partial charge is 0.143 e. The number of halogens is 1. The molecule has 1 fully saturated rings. The molecule has 5 rings (SSSR count). The molecule has 4 aromatic heterocycles. The van der Waals surface area contributed by atoms with E-state index in [-0.39, 0.29) is 0 Å². The largest absolute Gasteiger partial charge is 0.356 e. The number of rotatable bonds is 4. The molecule has 0 aliphatic carbocycles. The second-order valence-electron chi connectivity index (χ2n) is 7.32. The van der Waals surface area contributed by atoms with Crippen LogP contribution in [0, 0.1) is 0 Å². The number of anilines is 1. The van der Waals surface area contributed by atoms with Crippen LogP contribution in [0.4, 0.5) is 5.82 Å². The van der Waals surface area contributed by atoms with Crippen LogP contribution in [0.25, 0.3) is 33.5 Å². The summed E-state index contributed by atoms with van der Waals surface area (Å²) in [5, 5.41) is 13.0. The molecule has 0 spiro atoms. The van der Waals surface area contributed by atoms with Crippen molar-refractivity contribution in [3.05, 3.63) is 41.3 Å². The Labute approximate surface area is 177 Å². The number of hydrogen-bond acceptors (Lipinski definition) is 5. The van der Waals surface area contributed by atoms with Crippen molar-refractivity contribution in [2.24, 2.45) is 0 Å². The summed E-state index contributed by atoms with van der Waals surface area (Å²) in [7, 11) is 0. The highest BCUT2D eigenvalue weighted by molar-refractivity contribution is 9.10. The average molecular weight is 452 g/mol. The first-order valence-electron chi connectivity index (χ1n) is 10.0. The van der Waals surface area contributed by atoms with Gasteiger partial charge in [-0.3, -0.25) is 14.8 Å². The minimum absolute atomic E-state index is 0.835. The number of nitrogens with one attached hydrogen (secondary N) is 1. The zero-order valence-corrected chi connectivity index (χ0v) is 17.9. The minimum Gasteiger partial charge on any atom is -0.356 e. The van der Waals surface area contributed by atoms with Gasteiger partial charge in [0.05, 0.1) is 33.8 Å². The van der Waals surface area contributed by atoms with Gasteiger partial charge in [0.25, 0.3) is 0 Å². The first-order chi connectivity index (χ1) is 14.2. The standard InChI is InChI=1S/C21H22BrN7/c1-2-29-13-14(11-24-29)18-10-15-19(12-23-18)26-27-20(15)17-7-6-16(22)21(25-17)28-8-4-3-5-9-28/h6-7,10-13H,2-5,8-9H2,1H3,(H,26,27). The second-order valence-corrected chi connectivity index (χ2v) is 8.18. The molecule has 0 aromatic carbocycles. The molecular weight excluding hydrogens is 430 g/mol. The van der Waals surface area contributed by atoms with Gasteiger partial charge in [0.1, 0.15) is 11.5 Å². The fourth-order valence-electron chi connectivity index (χ4n) is 3.83. The van der Waals surface area contributed by atoms with E-state index < -0.39 is 0 Å². The van der Waals surface area contributed by atoms with Crippen molar-refractivity contribution in [1.82, 2.24) is 29.9 Å². The number of piperidine rings is 1. The highest BCUT2D eigenvalue weighted by atomic mass is 79.9. The summed E-state index contributed by atoms with van der Waals surface area (Å²) >= 11 is 3.68. The third kappa shape index (κ3) is 3.42. The van der Waals surface area contributed by atoms with Crippen LogP contribution in [0.2, 0.25) is 0 Å². The molecular formula is C21H22BrN7. The van der Waals surface area contributed by atoms with E-state index in [2.05, 4.69) is 60.2 Å². The maximum absolute atomic E-state index is 4.97. The number of hydrogen-bond donors (Lipinski definition) is 1. The fraction of sp³-hybridized carbons (Fsp3) is 0.333. The first-order valence-corrected chi connectivity index (χ1v) is 10.8. The van der Waals surface area contributed by atoms with E-state index in [9.17, 15) is 0 Å². The van der Waals surface area contributed by atoms with Crippen LogP contribution in [-0.2, 0) is 6.54 Å². The Morgan fingerprint density at radius 1 is 1.10 bits per heavy atom. The van der Waals surface area contributed by atoms with Crippen LogP contribution in [0.1, 0.15) is 26.2 Å². The fourth-order valence-corrected chi connectivity index (χ4v) is 4.30. The number of aromatic amines is 1. The number of aryl methyl sites for hydroxylation is 1. The summed E-state index contributed by atoms with van der Waals surface area (Å²) in [6.07, 6.45) is 9.41. The molecule has 0 unspecified atom stereocenters. The Kier molecular flexibility index (Phi) is 4.79. The number of H-pyrrole nitrogens is 1. The van der Waals surface area contributed by atoms with E-state index in [1.807, 2.05) is 29.3 Å². The van der Waals surface area contributed by atoms with E-state index >= 15 is 0 Å². The number of nitrogens with zero attached hydrogens (tertiary/aromatic N) is 6. The van der Waals surface area contributed by atoms with Crippen molar-refractivity contribution in [1.29, 1.82) is 0 Å². The van der Waals surface area contributed by atoms with E-state index in [4.69, 9.17) is 4.98 Å². The molecule has 1 aliphatic heterocycles. The summed E-state index contributed by atoms with van der Waals surface area (Å²) in [5.41, 5.74) is 4.49. The molecule has 0 radical (unpaired) electrons. The lowest BCUT2D eigenvalue weighted by molar-refractivity contribution is 0.573. The Morgan fingerprint density at radius 3 is 2.76 bits per heavy atom. The molecule has 7 nitrogen and oxygen atoms in total. The lowest BCUT2D eigenvalue weighted by Gasteiger charge is -2.28. The number of aromatic nitrogens is 6. The van der Waals surface area contributed by atoms with Gasteiger partial charge in [0, 0.05) is 36.8 Å². The molecule has 1 saturated heterocycles. The predicted molar refractivity (Wildman–Crippen MR) is 118 cm³/mol. The Balaban J connectivity index is 1.57. The quantitative estimate of drug-likeness (QED) is 0.488. The summed E-state index contributed by atoms with van der Waals surface area (Å²) < 4.78 is 2.93. The normalized spacial score (nSPS) is 14.6. The predicted octanol–water partition coefficient (Wildman–Crippen LogP) is 4.66. The lowest BCUT2D eigenvalue weighted by Crippen LogP contribution is -2.30. The van der Waals surface area contributed by atoms with Gasteiger partial charge in [-0.15, -0.1) is 0 Å². The number of pyridine rings is 2. The Hall–Kier alpha value is -2.74. The van der Waals surface area contributed by atoms with Gasteiger partial charge < -0.3 is 4.90 Å². The zero-order valence-electron chi connectivity index (χ0n) is 16.3. The third-order valence-electron chi connectivity index (χ3n) is 5.43. The van der Waals surface area contributed by atoms with Gasteiger partial charge in [0.2, 0.25) is 0 Å². The van der Waals surface area contributed by atoms with Crippen LogP contribution in [0.15, 0.2) is 41.3 Å². The van der Waals surface area contributed by atoms with Crippen molar-refractivity contribution >= 4 is 32.7 Å². The van der Waals surface area contributed by atoms with E-state index in [0.717, 1.165) is 63.5 Å². The van der Waals surface area contributed by atoms with Crippen LogP contribution in [-0.4, -0.2) is 43.0 Å². The van der Waals surface area contributed by atoms with E-state index in [1.54, 1.807) is 0 Å². The Morgan fingerprint density at radius 2 is 1.97 bits per heavy atom. The molecule has 0 amide bonds. The van der Waals surface area contributed by atoms with Gasteiger partial charge in [-0.05, 0) is 60.3 Å². The third-order valence-corrected chi connectivity index (χ3v) is 6.04. The molecule has 1 aliphatic rings. The molecule has 4 aromatic rings. The van der Waals surface area contributed by atoms with Crippen molar-refractivity contribution in [3.8, 4) is 22.6 Å². The minimum atomic E-state index is 0.835. The van der Waals surface area contributed by atoms with Crippen LogP contribution >= 0.6 is 15.9 Å². The first kappa shape index (κ1) is 18.3. The number of fused-ring (bicyclic) bond motifs is 1. The van der Waals surface area contributed by atoms with Crippen LogP contribution < -0.4 is 4.90 Å². The monoisotopic (exact) mass is 451 g/mol. The van der Waals surface area contributed by atoms with E-state index in [0.29, 0.717) is 0 Å². The van der Waals surface area contributed by atoms with Crippen LogP contribution in [0.5, 0.6) is 0 Å². The molecule has 1 N–H and O–H groups in total. The van der Waals surface area contributed by atoms with Gasteiger partial charge in [-0.2, -0.15) is 10.2 Å². The van der Waals surface area contributed by atoms with Crippen LogP contribution in [0.3, 0.4) is 0 Å². The molecule has 8 heteroatoms. The summed E-state index contributed by atoms with van der Waals surface area (Å²) in [6, 6.07) is 6.15. The molecule has 0 bridgehead atoms. The SMILES string of the molecule is CCn1cc(-c2cc3c(-c4ccc(Br)c(N5CCCCC5)n4)n[nH]c3cn2)cn1. The van der Waals surface area contributed by atoms with Crippen molar-refractivity contribution in [2.75, 3.05) is 18.0 Å². The van der Waals surface area contributed by atoms with Gasteiger partial charge in [-0.25, -0.2) is 4.98 Å². The van der Waals surface area contributed by atoms with E-state index in [1.165, 1.54) is 19.3 Å². The zero-order chi connectivity index (χ0) is 19.8. The molecule has 148 valence electrons. The Bertz CT molecular complexity index is 1160. The molecule has 5 heterocycles. The lowest BCUT2D eigenvalue weighted by atomic mass is 10.1.